The molecule has 148 heavy (non-hydrogen) atoms. The van der Waals surface area contributed by atoms with Crippen LogP contribution in [0.3, 0.4) is 0 Å². The Labute approximate surface area is 966 Å². The molecule has 4 N–H and O–H groups in total. The molecule has 0 aliphatic carbocycles. The van der Waals surface area contributed by atoms with Crippen LogP contribution < -0.4 is 108 Å². The average Bonchev–Trinajstić information content (AvgIpc) is 1.58. The summed E-state index contributed by atoms with van der Waals surface area (Å²) in [6.45, 7) is 26.1. The summed E-state index contributed by atoms with van der Waals surface area (Å²) in [4.78, 5) is 108. The van der Waals surface area contributed by atoms with E-state index in [0.29, 0.717) is 67.8 Å². The zero-order chi connectivity index (χ0) is 110. The third kappa shape index (κ3) is 54.6. The van der Waals surface area contributed by atoms with Gasteiger partial charge in [-0.15, -0.1) is 81.3 Å². The maximum atomic E-state index is 11.9. The predicted molar refractivity (Wildman–Crippen MR) is 581 cm³/mol. The van der Waals surface area contributed by atoms with Crippen LogP contribution in [0.4, 0.5) is 0 Å². The largest absolute Gasteiger partial charge is 1.00 e. The predicted octanol–water partition coefficient (Wildman–Crippen LogP) is 16.2. The zero-order valence-electron chi connectivity index (χ0n) is 86.2. The van der Waals surface area contributed by atoms with Crippen LogP contribution in [0.1, 0.15) is 159 Å². The number of piperidine rings is 3. The van der Waals surface area contributed by atoms with Crippen LogP contribution in [-0.2, 0) is 139 Å². The monoisotopic (exact) mass is 2410 g/mol. The van der Waals surface area contributed by atoms with Gasteiger partial charge in [0.25, 0.3) is 25.6 Å². The van der Waals surface area contributed by atoms with Gasteiger partial charge < -0.3 is 72.7 Å². The third-order valence-electron chi connectivity index (χ3n) is 21.9. The van der Waals surface area contributed by atoms with Gasteiger partial charge in [-0.1, -0.05) is 52.2 Å². The van der Waals surface area contributed by atoms with Crippen LogP contribution in [0.15, 0.2) is 139 Å². The molecule has 0 spiro atoms. The van der Waals surface area contributed by atoms with E-state index in [0.717, 1.165) is 133 Å². The summed E-state index contributed by atoms with van der Waals surface area (Å²) in [5.74, 6) is 4.47. The molecule has 0 unspecified atom stereocenters. The van der Waals surface area contributed by atoms with E-state index in [4.69, 9.17) is 102 Å². The number of benzene rings is 6. The second-order valence-corrected chi connectivity index (χ2v) is 43.5. The van der Waals surface area contributed by atoms with E-state index in [9.17, 15) is 55.2 Å². The van der Waals surface area contributed by atoms with Crippen molar-refractivity contribution in [1.82, 2.24) is 15.1 Å². The van der Waals surface area contributed by atoms with Gasteiger partial charge in [0.05, 0.1) is 124 Å². The molecule has 34 nitrogen and oxygen atoms in total. The maximum Gasteiger partial charge on any atom is 1.00 e. The molecule has 13 rings (SSSR count). The first kappa shape index (κ1) is 137. The van der Waals surface area contributed by atoms with Gasteiger partial charge in [-0.05, 0) is 286 Å². The molecule has 4 aromatic heterocycles. The molecular formula is C101H135Cl3CsN3O31S9. The quantitative estimate of drug-likeness (QED) is 0.00208. The van der Waals surface area contributed by atoms with Crippen molar-refractivity contribution in [3.8, 4) is 34.5 Å². The molecule has 10 aromatic rings. The number of esters is 5. The van der Waals surface area contributed by atoms with Gasteiger partial charge in [0.2, 0.25) is 0 Å². The number of carboxylic acids is 1. The Morgan fingerprint density at radius 2 is 0.831 bits per heavy atom. The zero-order valence-corrected chi connectivity index (χ0v) is 102. The second kappa shape index (κ2) is 75.6. The molecule has 816 valence electrons. The van der Waals surface area contributed by atoms with E-state index in [1.54, 1.807) is 102 Å². The summed E-state index contributed by atoms with van der Waals surface area (Å²) >= 11 is 16.8. The van der Waals surface area contributed by atoms with Crippen LogP contribution >= 0.6 is 103 Å². The first-order valence-electron chi connectivity index (χ1n) is 46.8. The molecule has 6 aromatic carbocycles. The Kier molecular flexibility index (Phi) is 69.9. The minimum Gasteiger partial charge on any atom is -0.662 e. The molecule has 0 saturated carbocycles. The molecule has 0 radical (unpaired) electrons. The molecule has 0 bridgehead atoms. The van der Waals surface area contributed by atoms with Crippen LogP contribution in [0, 0.1) is 17.8 Å². The van der Waals surface area contributed by atoms with Crippen molar-refractivity contribution < 1.29 is 214 Å². The fourth-order valence-corrected chi connectivity index (χ4v) is 21.8. The van der Waals surface area contributed by atoms with Crippen LogP contribution in [-0.4, -0.2) is 236 Å². The maximum absolute atomic E-state index is 11.9. The van der Waals surface area contributed by atoms with Gasteiger partial charge in [0, 0.05) is 69.5 Å². The Morgan fingerprint density at radius 3 is 1.20 bits per heavy atom. The smallest absolute Gasteiger partial charge is 0.662 e. The van der Waals surface area contributed by atoms with Gasteiger partial charge in [-0.25, -0.2) is 8.42 Å². The summed E-state index contributed by atoms with van der Waals surface area (Å²) in [6, 6.07) is 32.2. The number of aliphatic carboxylic acids is 1. The van der Waals surface area contributed by atoms with Crippen molar-refractivity contribution in [3.63, 3.8) is 0 Å². The van der Waals surface area contributed by atoms with E-state index >= 15 is 0 Å². The number of ether oxygens (including phenoxy) is 11. The summed E-state index contributed by atoms with van der Waals surface area (Å²) < 4.78 is 134. The summed E-state index contributed by atoms with van der Waals surface area (Å²) in [7, 11) is 7.44. The van der Waals surface area contributed by atoms with Gasteiger partial charge in [-0.2, -0.15) is 16.8 Å². The number of halogens is 3. The van der Waals surface area contributed by atoms with Crippen molar-refractivity contribution in [3.05, 3.63) is 158 Å². The molecule has 3 saturated heterocycles. The number of hydrogen-bond donors (Lipinski definition) is 5. The van der Waals surface area contributed by atoms with Crippen molar-refractivity contribution in [2.45, 2.75) is 179 Å². The standard InChI is InChI=1S/C21H29NO3S.C19H25NO3S.C13H13ClO5S2.C13H16O4S.C13H14O3S.C7H15N.C7H8OS.C6H9ClO3.CH4O3S.CH2O3.ClHO3S.Cs/c1-4-15-8-10-22(11-9-15)13-18-19(24-3)7-6-17-16(14-26-21(17)18)12-20(23)25-5-2;1-3-13-6-8-20(9-7-13)11-16-17(23-2)5-4-15-14(10-18(21)22)12-24-19(15)16;1-3-19-11(15)6-8-7-20-12-9(8)4-5-10(18-2)13(12)21(14,16)17;1-3-17-13(15)7-10(14)9-18-12-6-4-5-11(8-12)16-2;1-3-16-13(14)6-9-8-17-12-7-10(15-2)4-5-11(9)12;1-2-7-3-5-8-6-4-7;1-8-6-3-2-4-7(9)5-6;1-2-10-6(9)3-5(8)4-7;1-5(2,3)4;2-1-4-3;1-5(2,3)4;/h6-7,14-15H,4-5,8-13H2,1-3H3;4-5,12-13H,3,6-11H2,1-2H3,(H,21,22);4-5,7H,3,6H2,1-2H3;4-6,8H,3,7,9H2,1-2H3;4-5,7-8H,3,6H2,1-2H3;7-8H,2-6H2,1H3;2-5,9H,1H3;2-4H2,1H3;1H3,(H,2,3,4);1,3H;(H,2,3,4);/q;;;;;;;;;;;+1/p-1. The fraction of sp³-hybridized carbons (Fsp3) is 0.475. The van der Waals surface area contributed by atoms with Crippen molar-refractivity contribution in [1.29, 1.82) is 0 Å². The van der Waals surface area contributed by atoms with Crippen LogP contribution in [0.5, 0.6) is 34.5 Å². The van der Waals surface area contributed by atoms with E-state index < -0.39 is 46.4 Å². The number of thiol groups is 1. The Balaban J connectivity index is 0.000000572. The van der Waals surface area contributed by atoms with Crippen molar-refractivity contribution in [2.75, 3.05) is 133 Å². The van der Waals surface area contributed by atoms with Gasteiger partial charge in [0.1, 0.15) is 52.2 Å². The minimum absolute atomic E-state index is 0. The number of ketones is 2. The number of alkyl halides is 1. The average molecular weight is 2420 g/mol. The van der Waals surface area contributed by atoms with Crippen molar-refractivity contribution in [2.24, 2.45) is 17.8 Å². The fourth-order valence-electron chi connectivity index (χ4n) is 14.7. The number of thiophene rings is 4. The molecule has 0 atom stereocenters. The Hall–Kier alpha value is -7.18. The number of likely N-dealkylation sites (tertiary alicyclic amines) is 2. The number of Topliss-reactive ketones (excluding diaryl/α,β-unsaturated/α-hetero) is 2. The number of hydrogen-bond acceptors (Lipinski definition) is 37. The Morgan fingerprint density at radius 1 is 0.480 bits per heavy atom. The number of rotatable bonds is 36. The number of carbonyl (C=O) groups excluding carboxylic acids is 8. The minimum atomic E-state index is -4.19. The van der Waals surface area contributed by atoms with Crippen LogP contribution in [0.25, 0.3) is 40.3 Å². The van der Waals surface area contributed by atoms with Gasteiger partial charge in [0.15, 0.2) is 11.6 Å². The molecular weight excluding hydrogens is 2280 g/mol. The molecule has 3 fully saturated rings. The number of nitrogens with one attached hydrogen (secondary N) is 1. The van der Waals surface area contributed by atoms with E-state index in [1.807, 2.05) is 110 Å². The van der Waals surface area contributed by atoms with Gasteiger partial charge >= 0.3 is 114 Å². The number of methoxy groups -OCH3 is 6. The number of thioether (sulfide) groups is 1. The topological polar surface area (TPSA) is 469 Å². The molecule has 47 heteroatoms. The normalized spacial score (nSPS) is 12.9. The first-order valence-corrected chi connectivity index (χ1v) is 58.7. The number of carbonyl (C=O) groups is 9. The van der Waals surface area contributed by atoms with Gasteiger partial charge in [-0.3, -0.25) is 62.1 Å². The summed E-state index contributed by atoms with van der Waals surface area (Å²) in [5, 5.41) is 32.6. The SMILES string of the molecule is CCC1CCN(Cc2c(OC)ccc3c(CC(=O)O)csc23)CC1.CCC1CCNCC1.CCOC(=O)CC(=O)CCl.CCOC(=O)CC(=O)CSc1cccc(OC)c1.CCOC(=O)Cc1csc2c(CN3CCC(CC)CC3)c(OC)ccc12.CCOC(=O)Cc1csc2c(S(=O)(=O)Cl)c(OC)ccc12.CCOC(=O)Cc1csc2cc(OC)ccc12.COc1cccc(S)c1.CS(=O)(=O)O.O=CO[O-].O=S(=O)(O)Cl.[Cs+]. The van der Waals surface area contributed by atoms with Crippen molar-refractivity contribution >= 4 is 225 Å². The van der Waals surface area contributed by atoms with E-state index in [1.165, 1.54) is 128 Å². The second-order valence-electron chi connectivity index (χ2n) is 32.1. The number of fused-ring (bicyclic) bond motifs is 4. The Bertz CT molecular complexity index is 6040. The van der Waals surface area contributed by atoms with Crippen LogP contribution in [0.2, 0.25) is 0 Å². The van der Waals surface area contributed by atoms with E-state index in [-0.39, 0.29) is 153 Å². The number of carboxylic acid groups (broad SMARTS) is 1. The van der Waals surface area contributed by atoms with E-state index in [2.05, 4.69) is 80.3 Å². The first-order chi connectivity index (χ1) is 69.9. The summed E-state index contributed by atoms with van der Waals surface area (Å²) in [5.41, 5.74) is 6.13. The molecule has 0 amide bonds. The molecule has 3 aliphatic rings. The molecule has 7 heterocycles. The summed E-state index contributed by atoms with van der Waals surface area (Å²) in [6.07, 6.45) is 13.0. The third-order valence-corrected chi connectivity index (χ3v) is 29.3. The number of nitrogens with zero attached hydrogens (tertiary/aromatic N) is 2. The molecule has 3 aliphatic heterocycles.